The van der Waals surface area contributed by atoms with Crippen LogP contribution in [0.5, 0.6) is 0 Å². The molecule has 1 aliphatic heterocycles. The standard InChI is InChI=1S/C28H26N2O3/c31-28(33-19-21-9-3-1-4-10-21)30-16-8-15-25(18-30)27-29-26(20-32-27)24-14-7-13-23(17-24)22-11-5-2-6-12-22/h1-7,9-14,17,20,25H,8,15-16,18-19H2. The number of rotatable bonds is 5. The van der Waals surface area contributed by atoms with Crippen molar-refractivity contribution in [1.82, 2.24) is 9.88 Å². The van der Waals surface area contributed by atoms with Gasteiger partial charge < -0.3 is 14.1 Å². The lowest BCUT2D eigenvalue weighted by molar-refractivity contribution is 0.0839. The number of nitrogens with zero attached hydrogens (tertiary/aromatic N) is 2. The van der Waals surface area contributed by atoms with Crippen LogP contribution in [-0.2, 0) is 11.3 Å². The van der Waals surface area contributed by atoms with Crippen LogP contribution in [0.2, 0.25) is 0 Å². The number of carbonyl (C=O) groups is 1. The zero-order valence-corrected chi connectivity index (χ0v) is 18.4. The number of piperidine rings is 1. The summed E-state index contributed by atoms with van der Waals surface area (Å²) in [4.78, 5) is 19.1. The molecule has 5 nitrogen and oxygen atoms in total. The van der Waals surface area contributed by atoms with Gasteiger partial charge in [0.25, 0.3) is 0 Å². The van der Waals surface area contributed by atoms with Gasteiger partial charge in [0.05, 0.1) is 5.92 Å². The average molecular weight is 439 g/mol. The van der Waals surface area contributed by atoms with Gasteiger partial charge >= 0.3 is 6.09 Å². The van der Waals surface area contributed by atoms with E-state index in [-0.39, 0.29) is 18.6 Å². The molecule has 1 atom stereocenters. The van der Waals surface area contributed by atoms with Crippen LogP contribution < -0.4 is 0 Å². The highest BCUT2D eigenvalue weighted by Crippen LogP contribution is 2.31. The summed E-state index contributed by atoms with van der Waals surface area (Å²) in [6.07, 6.45) is 3.26. The molecule has 33 heavy (non-hydrogen) atoms. The van der Waals surface area contributed by atoms with E-state index in [1.807, 2.05) is 60.7 Å². The normalized spacial score (nSPS) is 15.9. The van der Waals surface area contributed by atoms with Gasteiger partial charge in [-0.3, -0.25) is 0 Å². The molecule has 0 saturated carbocycles. The van der Waals surface area contributed by atoms with Gasteiger partial charge in [-0.25, -0.2) is 9.78 Å². The fraction of sp³-hybridized carbons (Fsp3) is 0.214. The fourth-order valence-corrected chi connectivity index (χ4v) is 4.25. The van der Waals surface area contributed by atoms with Crippen molar-refractivity contribution in [1.29, 1.82) is 0 Å². The largest absolute Gasteiger partial charge is 0.448 e. The number of oxazole rings is 1. The summed E-state index contributed by atoms with van der Waals surface area (Å²) in [7, 11) is 0. The minimum Gasteiger partial charge on any atom is -0.448 e. The van der Waals surface area contributed by atoms with Crippen LogP contribution >= 0.6 is 0 Å². The number of amides is 1. The van der Waals surface area contributed by atoms with Gasteiger partial charge in [-0.05, 0) is 35.6 Å². The minimum atomic E-state index is -0.286. The van der Waals surface area contributed by atoms with E-state index in [1.54, 1.807) is 11.2 Å². The predicted octanol–water partition coefficient (Wildman–Crippen LogP) is 6.52. The molecule has 1 fully saturated rings. The van der Waals surface area contributed by atoms with Crippen LogP contribution in [0.25, 0.3) is 22.4 Å². The molecular weight excluding hydrogens is 412 g/mol. The van der Waals surface area contributed by atoms with Gasteiger partial charge in [0.15, 0.2) is 5.89 Å². The van der Waals surface area contributed by atoms with Crippen LogP contribution in [0.1, 0.15) is 30.2 Å². The van der Waals surface area contributed by atoms with E-state index < -0.39 is 0 Å². The molecule has 0 spiro atoms. The summed E-state index contributed by atoms with van der Waals surface area (Å²) in [5.74, 6) is 0.741. The maximum atomic E-state index is 12.6. The highest BCUT2D eigenvalue weighted by atomic mass is 16.6. The van der Waals surface area contributed by atoms with Crippen molar-refractivity contribution in [3.8, 4) is 22.4 Å². The van der Waals surface area contributed by atoms with E-state index in [0.717, 1.165) is 35.2 Å². The molecule has 2 heterocycles. The van der Waals surface area contributed by atoms with E-state index in [1.165, 1.54) is 5.56 Å². The highest BCUT2D eigenvalue weighted by Gasteiger charge is 2.29. The molecule has 5 rings (SSSR count). The molecule has 1 aliphatic rings. The second kappa shape index (κ2) is 9.74. The Bertz CT molecular complexity index is 1200. The van der Waals surface area contributed by atoms with Crippen molar-refractivity contribution in [3.05, 3.63) is 103 Å². The molecule has 0 radical (unpaired) electrons. The number of ether oxygens (including phenoxy) is 1. The predicted molar refractivity (Wildman–Crippen MR) is 128 cm³/mol. The maximum Gasteiger partial charge on any atom is 0.410 e. The average Bonchev–Trinajstić information content (AvgIpc) is 3.39. The number of aromatic nitrogens is 1. The Morgan fingerprint density at radius 2 is 1.67 bits per heavy atom. The van der Waals surface area contributed by atoms with Crippen LogP contribution in [0.4, 0.5) is 4.79 Å². The second-order valence-corrected chi connectivity index (χ2v) is 8.34. The fourth-order valence-electron chi connectivity index (χ4n) is 4.25. The van der Waals surface area contributed by atoms with Gasteiger partial charge in [0.2, 0.25) is 0 Å². The third-order valence-corrected chi connectivity index (χ3v) is 6.02. The lowest BCUT2D eigenvalue weighted by Crippen LogP contribution is -2.39. The minimum absolute atomic E-state index is 0.0640. The first-order valence-corrected chi connectivity index (χ1v) is 11.3. The molecule has 166 valence electrons. The number of hydrogen-bond donors (Lipinski definition) is 0. The Morgan fingerprint density at radius 3 is 2.48 bits per heavy atom. The SMILES string of the molecule is O=C(OCc1ccccc1)N1CCCC(c2nc(-c3cccc(-c4ccccc4)c3)co2)C1. The van der Waals surface area contributed by atoms with Crippen molar-refractivity contribution in [3.63, 3.8) is 0 Å². The van der Waals surface area contributed by atoms with E-state index in [0.29, 0.717) is 19.0 Å². The van der Waals surface area contributed by atoms with E-state index in [2.05, 4.69) is 24.3 Å². The van der Waals surface area contributed by atoms with Gasteiger partial charge in [-0.2, -0.15) is 0 Å². The zero-order chi connectivity index (χ0) is 22.5. The van der Waals surface area contributed by atoms with Crippen molar-refractivity contribution in [2.24, 2.45) is 0 Å². The van der Waals surface area contributed by atoms with E-state index in [4.69, 9.17) is 14.1 Å². The van der Waals surface area contributed by atoms with Crippen molar-refractivity contribution in [2.75, 3.05) is 13.1 Å². The lowest BCUT2D eigenvalue weighted by atomic mass is 9.98. The Balaban J connectivity index is 1.25. The first-order chi connectivity index (χ1) is 16.3. The summed E-state index contributed by atoms with van der Waals surface area (Å²) in [6.45, 7) is 1.52. The molecule has 1 amide bonds. The molecule has 0 aliphatic carbocycles. The number of hydrogen-bond acceptors (Lipinski definition) is 4. The Labute approximate surface area is 193 Å². The van der Waals surface area contributed by atoms with E-state index in [9.17, 15) is 4.79 Å². The van der Waals surface area contributed by atoms with Crippen LogP contribution in [0.3, 0.4) is 0 Å². The summed E-state index contributed by atoms with van der Waals surface area (Å²) < 4.78 is 11.4. The lowest BCUT2D eigenvalue weighted by Gasteiger charge is -2.30. The number of carbonyl (C=O) groups excluding carboxylic acids is 1. The van der Waals surface area contributed by atoms with Crippen LogP contribution in [0.15, 0.2) is 95.6 Å². The third kappa shape index (κ3) is 4.98. The Hall–Kier alpha value is -3.86. The number of benzene rings is 3. The molecular formula is C28H26N2O3. The van der Waals surface area contributed by atoms with Crippen molar-refractivity contribution in [2.45, 2.75) is 25.4 Å². The summed E-state index contributed by atoms with van der Waals surface area (Å²) in [5, 5.41) is 0. The molecule has 1 saturated heterocycles. The zero-order valence-electron chi connectivity index (χ0n) is 18.4. The molecule has 3 aromatic carbocycles. The molecule has 1 unspecified atom stereocenters. The Kier molecular flexibility index (Phi) is 6.20. The first kappa shape index (κ1) is 21.0. The maximum absolute atomic E-state index is 12.6. The summed E-state index contributed by atoms with van der Waals surface area (Å²) >= 11 is 0. The molecule has 1 aromatic heterocycles. The smallest absolute Gasteiger partial charge is 0.410 e. The molecule has 5 heteroatoms. The van der Waals surface area contributed by atoms with Crippen LogP contribution in [0, 0.1) is 0 Å². The molecule has 0 N–H and O–H groups in total. The highest BCUT2D eigenvalue weighted by molar-refractivity contribution is 5.71. The van der Waals surface area contributed by atoms with Crippen molar-refractivity contribution < 1.29 is 13.9 Å². The van der Waals surface area contributed by atoms with Crippen LogP contribution in [-0.4, -0.2) is 29.1 Å². The quantitative estimate of drug-likeness (QED) is 0.356. The van der Waals surface area contributed by atoms with Gasteiger partial charge in [-0.15, -0.1) is 0 Å². The first-order valence-electron chi connectivity index (χ1n) is 11.3. The van der Waals surface area contributed by atoms with Gasteiger partial charge in [-0.1, -0.05) is 78.9 Å². The van der Waals surface area contributed by atoms with Crippen molar-refractivity contribution >= 4 is 6.09 Å². The monoisotopic (exact) mass is 438 g/mol. The van der Waals surface area contributed by atoms with E-state index >= 15 is 0 Å². The summed E-state index contributed by atoms with van der Waals surface area (Å²) in [5.41, 5.74) is 5.12. The summed E-state index contributed by atoms with van der Waals surface area (Å²) in [6, 6.07) is 28.3. The topological polar surface area (TPSA) is 55.6 Å². The number of likely N-dealkylation sites (tertiary alicyclic amines) is 1. The van der Waals surface area contributed by atoms with Gasteiger partial charge in [0, 0.05) is 18.7 Å². The Morgan fingerprint density at radius 1 is 0.939 bits per heavy atom. The third-order valence-electron chi connectivity index (χ3n) is 6.02. The van der Waals surface area contributed by atoms with Gasteiger partial charge in [0.1, 0.15) is 18.6 Å². The molecule has 4 aromatic rings. The molecule has 0 bridgehead atoms. The second-order valence-electron chi connectivity index (χ2n) is 8.34.